The second-order valence-corrected chi connectivity index (χ2v) is 11.1. The summed E-state index contributed by atoms with van der Waals surface area (Å²) in [7, 11) is 7.60. The Hall–Kier alpha value is -2.20. The van der Waals surface area contributed by atoms with Crippen LogP contribution in [0, 0.1) is 11.3 Å². The average Bonchev–Trinajstić information content (AvgIpc) is 3.44. The van der Waals surface area contributed by atoms with E-state index in [0.29, 0.717) is 11.5 Å². The second kappa shape index (κ2) is 9.45. The number of fused-ring (bicyclic) bond motifs is 1. The third kappa shape index (κ3) is 4.08. The first kappa shape index (κ1) is 23.5. The first-order valence-corrected chi connectivity index (χ1v) is 13.1. The zero-order valence-electron chi connectivity index (χ0n) is 21.4. The van der Waals surface area contributed by atoms with Gasteiger partial charge in [-0.2, -0.15) is 0 Å². The van der Waals surface area contributed by atoms with Gasteiger partial charge in [-0.25, -0.2) is 0 Å². The summed E-state index contributed by atoms with van der Waals surface area (Å²) < 4.78 is 16.8. The Labute approximate surface area is 205 Å². The van der Waals surface area contributed by atoms with E-state index in [2.05, 4.69) is 54.4 Å². The molecule has 2 aliphatic carbocycles. The molecule has 1 aliphatic heterocycles. The molecule has 2 saturated carbocycles. The topological polar surface area (TPSA) is 30.9 Å². The second-order valence-electron chi connectivity index (χ2n) is 11.1. The van der Waals surface area contributed by atoms with Crippen LogP contribution in [0.15, 0.2) is 42.5 Å². The van der Waals surface area contributed by atoms with Gasteiger partial charge in [-0.3, -0.25) is 0 Å². The molecule has 1 heterocycles. The van der Waals surface area contributed by atoms with E-state index in [0.717, 1.165) is 29.6 Å². The highest BCUT2D eigenvalue weighted by atomic mass is 16.5. The summed E-state index contributed by atoms with van der Waals surface area (Å²) in [5.74, 6) is 3.57. The molecule has 3 aliphatic rings. The number of benzene rings is 2. The Morgan fingerprint density at radius 1 is 0.853 bits per heavy atom. The van der Waals surface area contributed by atoms with Crippen LogP contribution in [0.1, 0.15) is 62.5 Å². The standard InChI is InChI=1S/C30H41NO3/c1-31-18-17-30(24-11-12-26(33-3)27(19-24)34-4)16-15-29(21-28(30)31)14-13-22(20-29)9-10-23-7-5-6-8-25(23)32-2/h5-8,11-12,19,22,28H,9-10,13-18,20-21H2,1-4H3. The highest BCUT2D eigenvalue weighted by Crippen LogP contribution is 2.60. The summed E-state index contributed by atoms with van der Waals surface area (Å²) in [5.41, 5.74) is 3.57. The largest absolute Gasteiger partial charge is 0.496 e. The number of likely N-dealkylation sites (N-methyl/N-ethyl adjacent to an activating group) is 1. The van der Waals surface area contributed by atoms with Crippen LogP contribution in [0.2, 0.25) is 0 Å². The molecule has 0 aromatic heterocycles. The smallest absolute Gasteiger partial charge is 0.161 e. The van der Waals surface area contributed by atoms with Crippen molar-refractivity contribution in [1.29, 1.82) is 0 Å². The lowest BCUT2D eigenvalue weighted by Gasteiger charge is -2.49. The van der Waals surface area contributed by atoms with Gasteiger partial charge in [0.25, 0.3) is 0 Å². The summed E-state index contributed by atoms with van der Waals surface area (Å²) in [6.45, 7) is 1.19. The molecule has 4 heteroatoms. The minimum absolute atomic E-state index is 0.245. The van der Waals surface area contributed by atoms with Crippen LogP contribution in [0.25, 0.3) is 0 Å². The zero-order chi connectivity index (χ0) is 23.8. The van der Waals surface area contributed by atoms with Crippen molar-refractivity contribution in [3.63, 3.8) is 0 Å². The van der Waals surface area contributed by atoms with Gasteiger partial charge >= 0.3 is 0 Å². The van der Waals surface area contributed by atoms with Crippen LogP contribution in [-0.2, 0) is 11.8 Å². The van der Waals surface area contributed by atoms with E-state index in [4.69, 9.17) is 14.2 Å². The Morgan fingerprint density at radius 3 is 2.44 bits per heavy atom. The van der Waals surface area contributed by atoms with Crippen molar-refractivity contribution in [2.75, 3.05) is 34.9 Å². The third-order valence-electron chi connectivity index (χ3n) is 9.59. The number of para-hydroxylation sites is 1. The number of methoxy groups -OCH3 is 3. The number of aryl methyl sites for hydroxylation is 1. The Kier molecular flexibility index (Phi) is 6.54. The number of ether oxygens (including phenoxy) is 3. The molecule has 2 aromatic carbocycles. The predicted molar refractivity (Wildman–Crippen MR) is 137 cm³/mol. The van der Waals surface area contributed by atoms with Gasteiger partial charge in [0, 0.05) is 11.5 Å². The SMILES string of the molecule is COc1ccccc1CCC1CCC2(CCC3(c4ccc(OC)c(OC)c4)CCN(C)C3C2)C1. The molecule has 1 saturated heterocycles. The Balaban J connectivity index is 1.30. The number of hydrogen-bond acceptors (Lipinski definition) is 4. The molecule has 4 nitrogen and oxygen atoms in total. The quantitative estimate of drug-likeness (QED) is 0.485. The van der Waals surface area contributed by atoms with Crippen molar-refractivity contribution in [3.05, 3.63) is 53.6 Å². The summed E-state index contributed by atoms with van der Waals surface area (Å²) in [6, 6.07) is 15.8. The van der Waals surface area contributed by atoms with Crippen LogP contribution in [0.3, 0.4) is 0 Å². The first-order chi connectivity index (χ1) is 16.5. The highest BCUT2D eigenvalue weighted by molar-refractivity contribution is 5.46. The van der Waals surface area contributed by atoms with Gasteiger partial charge in [0.05, 0.1) is 21.3 Å². The molecule has 3 fully saturated rings. The highest BCUT2D eigenvalue weighted by Gasteiger charge is 2.55. The number of hydrogen-bond donors (Lipinski definition) is 0. The predicted octanol–water partition coefficient (Wildman–Crippen LogP) is 6.26. The molecule has 4 unspecified atom stereocenters. The van der Waals surface area contributed by atoms with Gasteiger partial charge in [-0.15, -0.1) is 0 Å². The lowest BCUT2D eigenvalue weighted by Crippen LogP contribution is -2.49. The van der Waals surface area contributed by atoms with Crippen molar-refractivity contribution < 1.29 is 14.2 Å². The van der Waals surface area contributed by atoms with Crippen LogP contribution < -0.4 is 14.2 Å². The molecule has 0 N–H and O–H groups in total. The fourth-order valence-corrected chi connectivity index (χ4v) is 7.65. The van der Waals surface area contributed by atoms with Crippen molar-refractivity contribution in [1.82, 2.24) is 4.90 Å². The zero-order valence-corrected chi connectivity index (χ0v) is 21.4. The molecular formula is C30H41NO3. The van der Waals surface area contributed by atoms with Gasteiger partial charge in [0.1, 0.15) is 5.75 Å². The Bertz CT molecular complexity index is 1010. The van der Waals surface area contributed by atoms with E-state index < -0.39 is 0 Å². The van der Waals surface area contributed by atoms with Crippen LogP contribution in [0.5, 0.6) is 17.2 Å². The molecule has 0 bridgehead atoms. The summed E-state index contributed by atoms with van der Waals surface area (Å²) in [4.78, 5) is 2.65. The lowest BCUT2D eigenvalue weighted by atomic mass is 9.58. The first-order valence-electron chi connectivity index (χ1n) is 13.1. The monoisotopic (exact) mass is 463 g/mol. The molecule has 2 aromatic rings. The lowest BCUT2D eigenvalue weighted by molar-refractivity contribution is 0.0693. The number of likely N-dealkylation sites (tertiary alicyclic amines) is 1. The third-order valence-corrected chi connectivity index (χ3v) is 9.59. The van der Waals surface area contributed by atoms with Gasteiger partial charge in [0.2, 0.25) is 0 Å². The molecule has 4 atom stereocenters. The molecule has 0 amide bonds. The summed E-state index contributed by atoms with van der Waals surface area (Å²) in [6.07, 6.45) is 11.8. The maximum absolute atomic E-state index is 5.68. The van der Waals surface area contributed by atoms with E-state index in [1.165, 1.54) is 69.0 Å². The van der Waals surface area contributed by atoms with Crippen molar-refractivity contribution in [2.45, 2.75) is 69.2 Å². The number of rotatable bonds is 7. The molecule has 0 radical (unpaired) electrons. The van der Waals surface area contributed by atoms with Crippen molar-refractivity contribution in [3.8, 4) is 17.2 Å². The summed E-state index contributed by atoms with van der Waals surface area (Å²) >= 11 is 0. The Morgan fingerprint density at radius 2 is 1.65 bits per heavy atom. The van der Waals surface area contributed by atoms with Gasteiger partial charge in [-0.05, 0) is 112 Å². The maximum atomic E-state index is 5.68. The summed E-state index contributed by atoms with van der Waals surface area (Å²) in [5, 5.41) is 0. The minimum Gasteiger partial charge on any atom is -0.496 e. The number of nitrogens with zero attached hydrogens (tertiary/aromatic N) is 1. The van der Waals surface area contributed by atoms with E-state index >= 15 is 0 Å². The van der Waals surface area contributed by atoms with Gasteiger partial charge < -0.3 is 19.1 Å². The van der Waals surface area contributed by atoms with Gasteiger partial charge in [-0.1, -0.05) is 24.3 Å². The maximum Gasteiger partial charge on any atom is 0.161 e. The van der Waals surface area contributed by atoms with Crippen molar-refractivity contribution >= 4 is 0 Å². The van der Waals surface area contributed by atoms with Crippen LogP contribution >= 0.6 is 0 Å². The minimum atomic E-state index is 0.245. The van der Waals surface area contributed by atoms with Crippen LogP contribution in [0.4, 0.5) is 0 Å². The van der Waals surface area contributed by atoms with E-state index in [1.807, 2.05) is 0 Å². The van der Waals surface area contributed by atoms with E-state index in [-0.39, 0.29) is 5.41 Å². The molecular weight excluding hydrogens is 422 g/mol. The molecule has 184 valence electrons. The molecule has 1 spiro atoms. The molecule has 34 heavy (non-hydrogen) atoms. The fraction of sp³-hybridized carbons (Fsp3) is 0.600. The average molecular weight is 464 g/mol. The van der Waals surface area contributed by atoms with Crippen LogP contribution in [-0.4, -0.2) is 45.9 Å². The van der Waals surface area contributed by atoms with Gasteiger partial charge in [0.15, 0.2) is 11.5 Å². The van der Waals surface area contributed by atoms with E-state index in [9.17, 15) is 0 Å². The molecule has 5 rings (SSSR count). The fourth-order valence-electron chi connectivity index (χ4n) is 7.65. The van der Waals surface area contributed by atoms with Crippen molar-refractivity contribution in [2.24, 2.45) is 11.3 Å². The normalized spacial score (nSPS) is 30.9. The van der Waals surface area contributed by atoms with E-state index in [1.54, 1.807) is 21.3 Å².